The zero-order valence-corrected chi connectivity index (χ0v) is 12.9. The Bertz CT molecular complexity index is 537. The van der Waals surface area contributed by atoms with E-state index in [1.807, 2.05) is 19.1 Å². The number of aliphatic hydroxyl groups is 1. The Balaban J connectivity index is 2.28. The van der Waals surface area contributed by atoms with Crippen molar-refractivity contribution in [2.75, 3.05) is 6.54 Å². The molecule has 1 fully saturated rings. The Kier molecular flexibility index (Phi) is 4.83. The number of nitrogens with zero attached hydrogens (tertiary/aromatic N) is 1. The molecule has 5 heteroatoms. The van der Waals surface area contributed by atoms with Crippen LogP contribution in [0.2, 0.25) is 0 Å². The highest BCUT2D eigenvalue weighted by atomic mass is 32.2. The van der Waals surface area contributed by atoms with Crippen molar-refractivity contribution in [2.24, 2.45) is 0 Å². The van der Waals surface area contributed by atoms with Crippen LogP contribution in [0.3, 0.4) is 0 Å². The molecule has 0 saturated carbocycles. The molecule has 1 N–H and O–H groups in total. The van der Waals surface area contributed by atoms with Crippen LogP contribution in [-0.2, 0) is 10.0 Å². The third-order valence-corrected chi connectivity index (χ3v) is 5.78. The predicted octanol–water partition coefficient (Wildman–Crippen LogP) is 2.31. The summed E-state index contributed by atoms with van der Waals surface area (Å²) in [6.45, 7) is 4.20. The molecule has 0 aliphatic carbocycles. The van der Waals surface area contributed by atoms with Crippen LogP contribution in [0.4, 0.5) is 0 Å². The van der Waals surface area contributed by atoms with Crippen LogP contribution < -0.4 is 0 Å². The third-order valence-electron chi connectivity index (χ3n) is 3.81. The zero-order chi connectivity index (χ0) is 14.8. The highest BCUT2D eigenvalue weighted by Crippen LogP contribution is 2.27. The molecular weight excluding hydrogens is 274 g/mol. The van der Waals surface area contributed by atoms with Gasteiger partial charge in [0.1, 0.15) is 0 Å². The van der Waals surface area contributed by atoms with E-state index in [0.29, 0.717) is 17.9 Å². The van der Waals surface area contributed by atoms with Gasteiger partial charge in [0.15, 0.2) is 0 Å². The maximum absolute atomic E-state index is 12.7. The molecule has 0 amide bonds. The van der Waals surface area contributed by atoms with Gasteiger partial charge in [0.25, 0.3) is 0 Å². The maximum Gasteiger partial charge on any atom is 0.243 e. The number of rotatable bonds is 4. The molecule has 1 aromatic carbocycles. The first-order valence-corrected chi connectivity index (χ1v) is 8.62. The lowest BCUT2D eigenvalue weighted by atomic mass is 10.00. The van der Waals surface area contributed by atoms with Crippen LogP contribution in [0.25, 0.3) is 0 Å². The number of hydrogen-bond donors (Lipinski definition) is 1. The minimum atomic E-state index is -3.45. The van der Waals surface area contributed by atoms with E-state index in [1.165, 1.54) is 0 Å². The van der Waals surface area contributed by atoms with E-state index in [0.717, 1.165) is 24.8 Å². The van der Waals surface area contributed by atoms with Gasteiger partial charge in [-0.05, 0) is 45.2 Å². The summed E-state index contributed by atoms with van der Waals surface area (Å²) in [5.41, 5.74) is 1.04. The van der Waals surface area contributed by atoms with Gasteiger partial charge in [-0.15, -0.1) is 0 Å². The Morgan fingerprint density at radius 2 is 1.95 bits per heavy atom. The minimum absolute atomic E-state index is 0.0879. The highest BCUT2D eigenvalue weighted by molar-refractivity contribution is 7.89. The number of piperidine rings is 1. The van der Waals surface area contributed by atoms with Gasteiger partial charge >= 0.3 is 0 Å². The summed E-state index contributed by atoms with van der Waals surface area (Å²) in [5, 5.41) is 9.57. The predicted molar refractivity (Wildman–Crippen MR) is 79.0 cm³/mol. The van der Waals surface area contributed by atoms with Gasteiger partial charge in [-0.1, -0.05) is 24.1 Å². The SMILES string of the molecule is Cc1ccc(S(=O)(=O)N2CCCCC2CC(C)O)cc1. The second kappa shape index (κ2) is 6.24. The second-order valence-corrected chi connectivity index (χ2v) is 7.55. The van der Waals surface area contributed by atoms with Gasteiger partial charge in [0.2, 0.25) is 10.0 Å². The van der Waals surface area contributed by atoms with E-state index < -0.39 is 16.1 Å². The van der Waals surface area contributed by atoms with Crippen LogP contribution in [-0.4, -0.2) is 36.5 Å². The molecular formula is C15H23NO3S. The lowest BCUT2D eigenvalue weighted by molar-refractivity contribution is 0.132. The third kappa shape index (κ3) is 3.40. The monoisotopic (exact) mass is 297 g/mol. The highest BCUT2D eigenvalue weighted by Gasteiger charge is 2.33. The van der Waals surface area contributed by atoms with Gasteiger partial charge in [-0.25, -0.2) is 8.42 Å². The Labute approximate surface area is 121 Å². The molecule has 2 rings (SSSR count). The summed E-state index contributed by atoms with van der Waals surface area (Å²) < 4.78 is 27.0. The van der Waals surface area contributed by atoms with Crippen molar-refractivity contribution >= 4 is 10.0 Å². The van der Waals surface area contributed by atoms with E-state index in [9.17, 15) is 13.5 Å². The molecule has 1 aromatic rings. The number of hydrogen-bond acceptors (Lipinski definition) is 3. The molecule has 1 aliphatic rings. The van der Waals surface area contributed by atoms with Crippen molar-refractivity contribution in [2.45, 2.75) is 56.6 Å². The lowest BCUT2D eigenvalue weighted by Crippen LogP contribution is -2.44. The molecule has 2 atom stereocenters. The average Bonchev–Trinajstić information content (AvgIpc) is 2.39. The van der Waals surface area contributed by atoms with Gasteiger partial charge in [-0.3, -0.25) is 0 Å². The van der Waals surface area contributed by atoms with E-state index in [1.54, 1.807) is 23.4 Å². The first-order valence-electron chi connectivity index (χ1n) is 7.18. The minimum Gasteiger partial charge on any atom is -0.393 e. The molecule has 1 aliphatic heterocycles. The van der Waals surface area contributed by atoms with Crippen LogP contribution >= 0.6 is 0 Å². The van der Waals surface area contributed by atoms with E-state index in [-0.39, 0.29) is 6.04 Å². The molecule has 4 nitrogen and oxygen atoms in total. The van der Waals surface area contributed by atoms with Crippen LogP contribution in [0.15, 0.2) is 29.2 Å². The summed E-state index contributed by atoms with van der Waals surface area (Å²) in [6, 6.07) is 6.88. The summed E-state index contributed by atoms with van der Waals surface area (Å²) in [7, 11) is -3.45. The standard InChI is InChI=1S/C15H23NO3S/c1-12-6-8-15(9-7-12)20(18,19)16-10-4-3-5-14(16)11-13(2)17/h6-9,13-14,17H,3-5,10-11H2,1-2H3. The average molecular weight is 297 g/mol. The van der Waals surface area contributed by atoms with E-state index in [2.05, 4.69) is 0 Å². The van der Waals surface area contributed by atoms with Crippen molar-refractivity contribution in [3.63, 3.8) is 0 Å². The number of aliphatic hydroxyl groups excluding tert-OH is 1. The van der Waals surface area contributed by atoms with Crippen molar-refractivity contribution in [3.05, 3.63) is 29.8 Å². The first kappa shape index (κ1) is 15.5. The molecule has 0 radical (unpaired) electrons. The lowest BCUT2D eigenvalue weighted by Gasteiger charge is -2.35. The molecule has 112 valence electrons. The molecule has 20 heavy (non-hydrogen) atoms. The number of aryl methyl sites for hydroxylation is 1. The molecule has 1 saturated heterocycles. The normalized spacial score (nSPS) is 22.6. The van der Waals surface area contributed by atoms with Crippen LogP contribution in [0.5, 0.6) is 0 Å². The van der Waals surface area contributed by atoms with Crippen LogP contribution in [0, 0.1) is 6.92 Å². The molecule has 2 unspecified atom stereocenters. The van der Waals surface area contributed by atoms with E-state index in [4.69, 9.17) is 0 Å². The number of benzene rings is 1. The largest absolute Gasteiger partial charge is 0.393 e. The van der Waals surface area contributed by atoms with Gasteiger partial charge in [0, 0.05) is 12.6 Å². The van der Waals surface area contributed by atoms with Crippen LogP contribution in [0.1, 0.15) is 38.2 Å². The summed E-state index contributed by atoms with van der Waals surface area (Å²) in [4.78, 5) is 0.348. The smallest absolute Gasteiger partial charge is 0.243 e. The Morgan fingerprint density at radius 3 is 2.55 bits per heavy atom. The van der Waals surface area contributed by atoms with Gasteiger partial charge in [-0.2, -0.15) is 4.31 Å². The van der Waals surface area contributed by atoms with Crippen molar-refractivity contribution in [1.29, 1.82) is 0 Å². The molecule has 0 aromatic heterocycles. The van der Waals surface area contributed by atoms with Crippen molar-refractivity contribution < 1.29 is 13.5 Å². The fraction of sp³-hybridized carbons (Fsp3) is 0.600. The quantitative estimate of drug-likeness (QED) is 0.928. The number of sulfonamides is 1. The van der Waals surface area contributed by atoms with Crippen molar-refractivity contribution in [3.8, 4) is 0 Å². The van der Waals surface area contributed by atoms with E-state index >= 15 is 0 Å². The second-order valence-electron chi connectivity index (χ2n) is 5.66. The summed E-state index contributed by atoms with van der Waals surface area (Å²) in [6.07, 6.45) is 2.77. The fourth-order valence-corrected chi connectivity index (χ4v) is 4.47. The Hall–Kier alpha value is -0.910. The molecule has 1 heterocycles. The zero-order valence-electron chi connectivity index (χ0n) is 12.1. The first-order chi connectivity index (χ1) is 9.41. The van der Waals surface area contributed by atoms with Gasteiger partial charge in [0.05, 0.1) is 11.0 Å². The summed E-state index contributed by atoms with van der Waals surface area (Å²) in [5.74, 6) is 0. The Morgan fingerprint density at radius 1 is 1.30 bits per heavy atom. The fourth-order valence-electron chi connectivity index (χ4n) is 2.77. The summed E-state index contributed by atoms with van der Waals surface area (Å²) >= 11 is 0. The van der Waals surface area contributed by atoms with Crippen molar-refractivity contribution in [1.82, 2.24) is 4.31 Å². The molecule has 0 bridgehead atoms. The maximum atomic E-state index is 12.7. The molecule has 0 spiro atoms. The van der Waals surface area contributed by atoms with Gasteiger partial charge < -0.3 is 5.11 Å². The topological polar surface area (TPSA) is 57.6 Å².